The van der Waals surface area contributed by atoms with E-state index in [1.165, 1.54) is 36.5 Å². The van der Waals surface area contributed by atoms with Gasteiger partial charge in [0.25, 0.3) is 0 Å². The zero-order valence-electron chi connectivity index (χ0n) is 9.46. The smallest absolute Gasteiger partial charge is 0.0795 e. The Kier molecular flexibility index (Phi) is 4.68. The van der Waals surface area contributed by atoms with Crippen LogP contribution in [0.3, 0.4) is 0 Å². The fourth-order valence-electron chi connectivity index (χ4n) is 2.43. The van der Waals surface area contributed by atoms with Crippen molar-refractivity contribution in [1.82, 2.24) is 5.32 Å². The first-order valence-corrected chi connectivity index (χ1v) is 8.34. The summed E-state index contributed by atoms with van der Waals surface area (Å²) < 4.78 is 6.00. The highest BCUT2D eigenvalue weighted by atomic mass is 32.2. The van der Waals surface area contributed by atoms with Gasteiger partial charge in [0.2, 0.25) is 0 Å². The highest BCUT2D eigenvalue weighted by molar-refractivity contribution is 7.99. The second-order valence-electron chi connectivity index (χ2n) is 4.47. The van der Waals surface area contributed by atoms with Gasteiger partial charge in [-0.2, -0.15) is 23.5 Å². The van der Waals surface area contributed by atoms with Crippen molar-refractivity contribution in [3.63, 3.8) is 0 Å². The van der Waals surface area contributed by atoms with Crippen LogP contribution < -0.4 is 5.32 Å². The predicted octanol–water partition coefficient (Wildman–Crippen LogP) is 1.99. The van der Waals surface area contributed by atoms with Crippen LogP contribution in [0.5, 0.6) is 0 Å². The van der Waals surface area contributed by atoms with Crippen molar-refractivity contribution in [3.05, 3.63) is 0 Å². The summed E-state index contributed by atoms with van der Waals surface area (Å²) in [6, 6.07) is 0.699. The maximum Gasteiger partial charge on any atom is 0.0795 e. The molecule has 0 aromatic rings. The molecule has 0 aromatic heterocycles. The maximum absolute atomic E-state index is 6.00. The van der Waals surface area contributed by atoms with Crippen LogP contribution in [0.25, 0.3) is 0 Å². The van der Waals surface area contributed by atoms with E-state index in [-0.39, 0.29) is 5.60 Å². The van der Waals surface area contributed by atoms with Crippen molar-refractivity contribution in [1.29, 1.82) is 0 Å². The Morgan fingerprint density at radius 3 is 3.27 bits per heavy atom. The molecule has 0 bridgehead atoms. The quantitative estimate of drug-likeness (QED) is 0.767. The van der Waals surface area contributed by atoms with Gasteiger partial charge in [-0.05, 0) is 31.3 Å². The molecular formula is C11H21NOS2. The topological polar surface area (TPSA) is 21.3 Å². The van der Waals surface area contributed by atoms with Crippen molar-refractivity contribution >= 4 is 23.5 Å². The number of rotatable bonds is 4. The lowest BCUT2D eigenvalue weighted by Crippen LogP contribution is -2.47. The van der Waals surface area contributed by atoms with E-state index >= 15 is 0 Å². The molecule has 2 heterocycles. The summed E-state index contributed by atoms with van der Waals surface area (Å²) in [5.41, 5.74) is 0.236. The summed E-state index contributed by atoms with van der Waals surface area (Å²) in [7, 11) is 0. The van der Waals surface area contributed by atoms with Gasteiger partial charge in [-0.3, -0.25) is 0 Å². The molecule has 2 aliphatic rings. The molecule has 2 saturated heterocycles. The molecule has 15 heavy (non-hydrogen) atoms. The SMILES string of the molecule is CSCCNC1CCOC2(CCSC2)C1. The van der Waals surface area contributed by atoms with Gasteiger partial charge in [0, 0.05) is 30.7 Å². The van der Waals surface area contributed by atoms with E-state index in [2.05, 4.69) is 23.3 Å². The summed E-state index contributed by atoms with van der Waals surface area (Å²) in [6.07, 6.45) is 5.86. The molecule has 1 N–H and O–H groups in total. The van der Waals surface area contributed by atoms with Crippen LogP contribution in [0, 0.1) is 0 Å². The van der Waals surface area contributed by atoms with E-state index in [1.54, 1.807) is 0 Å². The van der Waals surface area contributed by atoms with Gasteiger partial charge in [-0.25, -0.2) is 0 Å². The number of hydrogen-bond acceptors (Lipinski definition) is 4. The second kappa shape index (κ2) is 5.80. The maximum atomic E-state index is 6.00. The molecule has 88 valence electrons. The zero-order chi connectivity index (χ0) is 10.6. The normalized spacial score (nSPS) is 36.2. The Bertz CT molecular complexity index is 195. The average Bonchev–Trinajstić information content (AvgIpc) is 2.67. The van der Waals surface area contributed by atoms with E-state index in [1.807, 2.05) is 11.8 Å². The number of hydrogen-bond donors (Lipinski definition) is 1. The van der Waals surface area contributed by atoms with Gasteiger partial charge in [0.05, 0.1) is 5.60 Å². The molecule has 4 heteroatoms. The van der Waals surface area contributed by atoms with Crippen LogP contribution in [-0.2, 0) is 4.74 Å². The Morgan fingerprint density at radius 2 is 2.53 bits per heavy atom. The van der Waals surface area contributed by atoms with Gasteiger partial charge in [0.1, 0.15) is 0 Å². The van der Waals surface area contributed by atoms with Crippen LogP contribution in [0.1, 0.15) is 19.3 Å². The van der Waals surface area contributed by atoms with Crippen molar-refractivity contribution < 1.29 is 4.74 Å². The first kappa shape index (κ1) is 12.1. The zero-order valence-corrected chi connectivity index (χ0v) is 11.1. The molecule has 0 aliphatic carbocycles. The number of nitrogens with one attached hydrogen (secondary N) is 1. The molecule has 0 amide bonds. The first-order valence-electron chi connectivity index (χ1n) is 5.79. The van der Waals surface area contributed by atoms with Gasteiger partial charge >= 0.3 is 0 Å². The van der Waals surface area contributed by atoms with Gasteiger partial charge < -0.3 is 10.1 Å². The molecule has 0 saturated carbocycles. The molecule has 2 nitrogen and oxygen atoms in total. The summed E-state index contributed by atoms with van der Waals surface area (Å²) in [5.74, 6) is 3.73. The van der Waals surface area contributed by atoms with E-state index < -0.39 is 0 Å². The number of thioether (sulfide) groups is 2. The van der Waals surface area contributed by atoms with Crippen molar-refractivity contribution in [2.75, 3.05) is 36.7 Å². The van der Waals surface area contributed by atoms with Crippen molar-refractivity contribution in [2.24, 2.45) is 0 Å². The predicted molar refractivity (Wildman–Crippen MR) is 70.0 cm³/mol. The third-order valence-electron chi connectivity index (χ3n) is 3.30. The Balaban J connectivity index is 1.76. The molecule has 2 rings (SSSR count). The van der Waals surface area contributed by atoms with Crippen molar-refractivity contribution in [2.45, 2.75) is 30.9 Å². The highest BCUT2D eigenvalue weighted by Gasteiger charge is 2.40. The molecule has 2 fully saturated rings. The Hall–Kier alpha value is 0.620. The fraction of sp³-hybridized carbons (Fsp3) is 1.00. The van der Waals surface area contributed by atoms with Gasteiger partial charge in [-0.15, -0.1) is 0 Å². The fourth-order valence-corrected chi connectivity index (χ4v) is 4.13. The molecular weight excluding hydrogens is 226 g/mol. The van der Waals surface area contributed by atoms with Crippen LogP contribution >= 0.6 is 23.5 Å². The lowest BCUT2D eigenvalue weighted by atomic mass is 9.90. The second-order valence-corrected chi connectivity index (χ2v) is 6.56. The third-order valence-corrected chi connectivity index (χ3v) is 5.13. The van der Waals surface area contributed by atoms with E-state index in [0.29, 0.717) is 6.04 Å². The number of ether oxygens (including phenoxy) is 1. The van der Waals surface area contributed by atoms with E-state index in [4.69, 9.17) is 4.74 Å². The van der Waals surface area contributed by atoms with Gasteiger partial charge in [-0.1, -0.05) is 0 Å². The summed E-state index contributed by atoms with van der Waals surface area (Å²) in [4.78, 5) is 0. The van der Waals surface area contributed by atoms with E-state index in [0.717, 1.165) is 13.2 Å². The van der Waals surface area contributed by atoms with Crippen LogP contribution in [-0.4, -0.2) is 48.3 Å². The summed E-state index contributed by atoms with van der Waals surface area (Å²) in [6.45, 7) is 2.10. The molecule has 0 radical (unpaired) electrons. The summed E-state index contributed by atoms with van der Waals surface area (Å²) in [5, 5.41) is 3.66. The average molecular weight is 247 g/mol. The lowest BCUT2D eigenvalue weighted by Gasteiger charge is -2.38. The minimum absolute atomic E-state index is 0.236. The van der Waals surface area contributed by atoms with Gasteiger partial charge in [0.15, 0.2) is 0 Å². The monoisotopic (exact) mass is 247 g/mol. The van der Waals surface area contributed by atoms with Crippen LogP contribution in [0.2, 0.25) is 0 Å². The van der Waals surface area contributed by atoms with Crippen LogP contribution in [0.15, 0.2) is 0 Å². The lowest BCUT2D eigenvalue weighted by molar-refractivity contribution is -0.0698. The highest BCUT2D eigenvalue weighted by Crippen LogP contribution is 2.38. The molecule has 2 atom stereocenters. The van der Waals surface area contributed by atoms with Crippen molar-refractivity contribution in [3.8, 4) is 0 Å². The standard InChI is InChI=1S/C11H21NOS2/c1-14-7-4-12-10-2-5-13-11(8-10)3-6-15-9-11/h10,12H,2-9H2,1H3. The van der Waals surface area contributed by atoms with Crippen LogP contribution in [0.4, 0.5) is 0 Å². The minimum Gasteiger partial charge on any atom is -0.374 e. The van der Waals surface area contributed by atoms with E-state index in [9.17, 15) is 0 Å². The Morgan fingerprint density at radius 1 is 1.60 bits per heavy atom. The largest absolute Gasteiger partial charge is 0.374 e. The first-order chi connectivity index (χ1) is 7.35. The molecule has 1 spiro atoms. The third kappa shape index (κ3) is 3.29. The molecule has 2 unspecified atom stereocenters. The molecule has 0 aromatic carbocycles. The minimum atomic E-state index is 0.236. The summed E-state index contributed by atoms with van der Waals surface area (Å²) >= 11 is 3.97. The molecule has 2 aliphatic heterocycles. The Labute approximate surface area is 101 Å².